The van der Waals surface area contributed by atoms with E-state index in [1.165, 1.54) is 0 Å². The Hall–Kier alpha value is -2.34. The van der Waals surface area contributed by atoms with E-state index in [1.807, 2.05) is 48.1 Å². The van der Waals surface area contributed by atoms with Gasteiger partial charge in [-0.05, 0) is 19.1 Å². The number of aryl methyl sites for hydroxylation is 2. The molecule has 1 spiro atoms. The number of aromatic nitrogens is 2. The summed E-state index contributed by atoms with van der Waals surface area (Å²) in [6, 6.07) is 9.94. The summed E-state index contributed by atoms with van der Waals surface area (Å²) in [7, 11) is 0. The average Bonchev–Trinajstić information content (AvgIpc) is 3.06. The molecule has 3 heterocycles. The average molecular weight is 355 g/mol. The molecule has 6 nitrogen and oxygen atoms in total. The highest BCUT2D eigenvalue weighted by Gasteiger charge is 2.42. The first kappa shape index (κ1) is 17.1. The van der Waals surface area contributed by atoms with Crippen molar-refractivity contribution in [1.29, 1.82) is 0 Å². The van der Waals surface area contributed by atoms with Crippen molar-refractivity contribution in [2.75, 3.05) is 13.2 Å². The number of rotatable bonds is 4. The van der Waals surface area contributed by atoms with Gasteiger partial charge in [0.15, 0.2) is 0 Å². The summed E-state index contributed by atoms with van der Waals surface area (Å²) in [4.78, 5) is 12.6. The third-order valence-electron chi connectivity index (χ3n) is 5.28. The summed E-state index contributed by atoms with van der Waals surface area (Å²) in [6.45, 7) is 3.95. The van der Waals surface area contributed by atoms with Gasteiger partial charge in [-0.2, -0.15) is 5.10 Å². The molecule has 1 aromatic carbocycles. The fraction of sp³-hybridized carbons (Fsp3) is 0.500. The molecular formula is C20H25N3O3. The Kier molecular flexibility index (Phi) is 4.68. The molecule has 6 heteroatoms. The van der Waals surface area contributed by atoms with E-state index < -0.39 is 0 Å². The number of hydrogen-bond donors (Lipinski definition) is 1. The Morgan fingerprint density at radius 3 is 2.88 bits per heavy atom. The van der Waals surface area contributed by atoms with Crippen LogP contribution in [0.25, 0.3) is 0 Å². The second-order valence-electron chi connectivity index (χ2n) is 7.23. The van der Waals surface area contributed by atoms with Gasteiger partial charge in [-0.3, -0.25) is 9.48 Å². The van der Waals surface area contributed by atoms with Crippen LogP contribution in [0.3, 0.4) is 0 Å². The Labute approximate surface area is 153 Å². The van der Waals surface area contributed by atoms with Gasteiger partial charge in [-0.15, -0.1) is 0 Å². The molecule has 0 bridgehead atoms. The zero-order valence-corrected chi connectivity index (χ0v) is 15.1. The van der Waals surface area contributed by atoms with Gasteiger partial charge in [0.25, 0.3) is 0 Å². The van der Waals surface area contributed by atoms with Crippen LogP contribution in [0.1, 0.15) is 43.0 Å². The van der Waals surface area contributed by atoms with Crippen LogP contribution < -0.4 is 10.1 Å². The van der Waals surface area contributed by atoms with Gasteiger partial charge in [-0.1, -0.05) is 18.2 Å². The zero-order chi connectivity index (χ0) is 18.0. The van der Waals surface area contributed by atoms with Gasteiger partial charge < -0.3 is 14.8 Å². The first-order valence-corrected chi connectivity index (χ1v) is 9.29. The van der Waals surface area contributed by atoms with Crippen molar-refractivity contribution >= 4 is 5.91 Å². The first-order valence-electron chi connectivity index (χ1n) is 9.29. The molecule has 1 N–H and O–H groups in total. The number of carbonyl (C=O) groups is 1. The molecule has 2 aliphatic heterocycles. The highest BCUT2D eigenvalue weighted by molar-refractivity contribution is 5.76. The number of para-hydroxylation sites is 1. The maximum Gasteiger partial charge on any atom is 0.222 e. The van der Waals surface area contributed by atoms with Crippen LogP contribution in [-0.4, -0.2) is 34.5 Å². The number of nitrogens with zero attached hydrogens (tertiary/aromatic N) is 2. The van der Waals surface area contributed by atoms with Crippen molar-refractivity contribution in [3.05, 3.63) is 47.8 Å². The summed E-state index contributed by atoms with van der Waals surface area (Å²) < 4.78 is 13.7. The zero-order valence-electron chi connectivity index (χ0n) is 15.1. The number of fused-ring (bicyclic) bond motifs is 1. The molecule has 4 rings (SSSR count). The molecule has 1 saturated heterocycles. The standard InChI is InChI=1S/C20H25N3O3/c1-15-6-10-23(22-15)11-7-19(24)21-17-14-20(8-12-25-13-9-20)26-18-5-3-2-4-16(17)18/h2-6,10,17H,7-9,11-14H2,1H3,(H,21,24). The lowest BCUT2D eigenvalue weighted by Crippen LogP contribution is -2.48. The number of hydrogen-bond acceptors (Lipinski definition) is 4. The van der Waals surface area contributed by atoms with E-state index >= 15 is 0 Å². The third-order valence-corrected chi connectivity index (χ3v) is 5.28. The van der Waals surface area contributed by atoms with Crippen molar-refractivity contribution in [3.63, 3.8) is 0 Å². The first-order chi connectivity index (χ1) is 12.6. The molecule has 0 saturated carbocycles. The van der Waals surface area contributed by atoms with E-state index in [0.717, 1.165) is 36.3 Å². The van der Waals surface area contributed by atoms with E-state index in [4.69, 9.17) is 9.47 Å². The van der Waals surface area contributed by atoms with Gasteiger partial charge in [0, 0.05) is 44.0 Å². The Bertz CT molecular complexity index is 780. The molecular weight excluding hydrogens is 330 g/mol. The monoisotopic (exact) mass is 355 g/mol. The minimum atomic E-state index is -0.232. The van der Waals surface area contributed by atoms with Crippen molar-refractivity contribution in [2.45, 2.75) is 50.8 Å². The third kappa shape index (κ3) is 3.60. The largest absolute Gasteiger partial charge is 0.487 e. The van der Waals surface area contributed by atoms with Crippen molar-refractivity contribution in [1.82, 2.24) is 15.1 Å². The Morgan fingerprint density at radius 2 is 2.12 bits per heavy atom. The summed E-state index contributed by atoms with van der Waals surface area (Å²) in [6.07, 6.45) is 4.83. The molecule has 2 aliphatic rings. The molecule has 0 aliphatic carbocycles. The van der Waals surface area contributed by atoms with Gasteiger partial charge in [0.2, 0.25) is 5.91 Å². The van der Waals surface area contributed by atoms with Gasteiger partial charge in [-0.25, -0.2) is 0 Å². The highest BCUT2D eigenvalue weighted by atomic mass is 16.5. The van der Waals surface area contributed by atoms with Crippen molar-refractivity contribution in [2.24, 2.45) is 0 Å². The predicted octanol–water partition coefficient (Wildman–Crippen LogP) is 2.77. The molecule has 138 valence electrons. The van der Waals surface area contributed by atoms with E-state index in [-0.39, 0.29) is 17.6 Å². The lowest BCUT2D eigenvalue weighted by atomic mass is 9.82. The van der Waals surface area contributed by atoms with Crippen LogP contribution in [0, 0.1) is 6.92 Å². The molecule has 1 aromatic heterocycles. The molecule has 1 unspecified atom stereocenters. The SMILES string of the molecule is Cc1ccn(CCC(=O)NC2CC3(CCOCC3)Oc3ccccc32)n1. The number of ether oxygens (including phenoxy) is 2. The van der Waals surface area contributed by atoms with Crippen LogP contribution in [0.2, 0.25) is 0 Å². The van der Waals surface area contributed by atoms with Crippen LogP contribution >= 0.6 is 0 Å². The Balaban J connectivity index is 1.46. The fourth-order valence-corrected chi connectivity index (χ4v) is 3.87. The summed E-state index contributed by atoms with van der Waals surface area (Å²) in [5.41, 5.74) is 1.79. The van der Waals surface area contributed by atoms with Crippen LogP contribution in [0.5, 0.6) is 5.75 Å². The second kappa shape index (κ2) is 7.11. The molecule has 1 amide bonds. The minimum absolute atomic E-state index is 0.0232. The predicted molar refractivity (Wildman–Crippen MR) is 96.9 cm³/mol. The summed E-state index contributed by atoms with van der Waals surface area (Å²) >= 11 is 0. The smallest absolute Gasteiger partial charge is 0.222 e. The van der Waals surface area contributed by atoms with E-state index in [9.17, 15) is 4.79 Å². The topological polar surface area (TPSA) is 65.4 Å². The van der Waals surface area contributed by atoms with E-state index in [1.54, 1.807) is 0 Å². The maximum atomic E-state index is 12.6. The van der Waals surface area contributed by atoms with Crippen LogP contribution in [0.15, 0.2) is 36.5 Å². The molecule has 2 aromatic rings. The van der Waals surface area contributed by atoms with Gasteiger partial charge in [0.05, 0.1) is 24.9 Å². The number of benzene rings is 1. The summed E-state index contributed by atoms with van der Waals surface area (Å²) in [5, 5.41) is 7.56. The lowest BCUT2D eigenvalue weighted by Gasteiger charge is -2.44. The summed E-state index contributed by atoms with van der Waals surface area (Å²) in [5.74, 6) is 0.927. The van der Waals surface area contributed by atoms with Gasteiger partial charge >= 0.3 is 0 Å². The lowest BCUT2D eigenvalue weighted by molar-refractivity contribution is -0.123. The fourth-order valence-electron chi connectivity index (χ4n) is 3.87. The quantitative estimate of drug-likeness (QED) is 0.916. The Morgan fingerprint density at radius 1 is 1.31 bits per heavy atom. The van der Waals surface area contributed by atoms with Crippen molar-refractivity contribution in [3.8, 4) is 5.75 Å². The minimum Gasteiger partial charge on any atom is -0.487 e. The number of carbonyl (C=O) groups excluding carboxylic acids is 1. The van der Waals surface area contributed by atoms with Gasteiger partial charge in [0.1, 0.15) is 11.4 Å². The number of nitrogens with one attached hydrogen (secondary N) is 1. The molecule has 0 radical (unpaired) electrons. The second-order valence-corrected chi connectivity index (χ2v) is 7.23. The van der Waals surface area contributed by atoms with Crippen LogP contribution in [0.4, 0.5) is 0 Å². The molecule has 1 atom stereocenters. The van der Waals surface area contributed by atoms with Crippen LogP contribution in [-0.2, 0) is 16.1 Å². The normalized spacial score (nSPS) is 21.0. The van der Waals surface area contributed by atoms with Crippen molar-refractivity contribution < 1.29 is 14.3 Å². The van der Waals surface area contributed by atoms with E-state index in [2.05, 4.69) is 10.4 Å². The number of amides is 1. The molecule has 26 heavy (non-hydrogen) atoms. The van der Waals surface area contributed by atoms with E-state index in [0.29, 0.717) is 26.2 Å². The highest BCUT2D eigenvalue weighted by Crippen LogP contribution is 2.43. The maximum absolute atomic E-state index is 12.6. The molecule has 1 fully saturated rings.